The summed E-state index contributed by atoms with van der Waals surface area (Å²) in [5.41, 5.74) is 0. The Morgan fingerprint density at radius 3 is 2.79 bits per heavy atom. The molecular formula is C12H16OTe. The van der Waals surface area contributed by atoms with Crippen molar-refractivity contribution in [2.45, 2.75) is 29.8 Å². The molecule has 0 saturated carbocycles. The molecule has 1 nitrogen and oxygen atoms in total. The van der Waals surface area contributed by atoms with Crippen LogP contribution < -0.4 is 3.61 Å². The third-order valence-corrected chi connectivity index (χ3v) is 6.03. The molecule has 1 aromatic rings. The average molecular weight is 304 g/mol. The summed E-state index contributed by atoms with van der Waals surface area (Å²) in [5, 5.41) is 0. The Balaban J connectivity index is 1.90. The Hall–Kier alpha value is -0.0304. The normalized spacial score (nSPS) is 23.6. The Morgan fingerprint density at radius 1 is 1.36 bits per heavy atom. The number of ether oxygens (including phenoxy) is 1. The molecule has 0 spiro atoms. The Kier molecular flexibility index (Phi) is 3.87. The van der Waals surface area contributed by atoms with Gasteiger partial charge >= 0.3 is 96.0 Å². The van der Waals surface area contributed by atoms with Gasteiger partial charge in [0.15, 0.2) is 0 Å². The summed E-state index contributed by atoms with van der Waals surface area (Å²) in [6.45, 7) is 3.34. The van der Waals surface area contributed by atoms with Crippen molar-refractivity contribution in [1.29, 1.82) is 0 Å². The van der Waals surface area contributed by atoms with Crippen LogP contribution >= 0.6 is 0 Å². The molecule has 14 heavy (non-hydrogen) atoms. The van der Waals surface area contributed by atoms with Crippen molar-refractivity contribution in [3.05, 3.63) is 30.3 Å². The summed E-state index contributed by atoms with van der Waals surface area (Å²) in [6, 6.07) is 10.9. The van der Waals surface area contributed by atoms with E-state index >= 15 is 0 Å². The van der Waals surface area contributed by atoms with Crippen molar-refractivity contribution in [2.75, 3.05) is 6.61 Å². The molecule has 1 fully saturated rings. The fourth-order valence-electron chi connectivity index (χ4n) is 1.76. The van der Waals surface area contributed by atoms with Crippen LogP contribution in [0.2, 0.25) is 3.97 Å². The van der Waals surface area contributed by atoms with Crippen LogP contribution in [0, 0.1) is 0 Å². The predicted molar refractivity (Wildman–Crippen MR) is 60.2 cm³/mol. The van der Waals surface area contributed by atoms with Crippen molar-refractivity contribution in [3.63, 3.8) is 0 Å². The van der Waals surface area contributed by atoms with Crippen LogP contribution in [0.3, 0.4) is 0 Å². The summed E-state index contributed by atoms with van der Waals surface area (Å²) < 4.78 is 8.06. The van der Waals surface area contributed by atoms with E-state index in [4.69, 9.17) is 4.74 Å². The number of benzene rings is 1. The van der Waals surface area contributed by atoms with Gasteiger partial charge in [0, 0.05) is 0 Å². The van der Waals surface area contributed by atoms with E-state index in [-0.39, 0.29) is 20.9 Å². The monoisotopic (exact) mass is 306 g/mol. The molecule has 0 radical (unpaired) electrons. The van der Waals surface area contributed by atoms with Gasteiger partial charge < -0.3 is 0 Å². The van der Waals surface area contributed by atoms with Crippen LogP contribution in [0.5, 0.6) is 0 Å². The third kappa shape index (κ3) is 2.73. The first-order valence-electron chi connectivity index (χ1n) is 5.19. The van der Waals surface area contributed by atoms with Crippen LogP contribution in [0.4, 0.5) is 0 Å². The summed E-state index contributed by atoms with van der Waals surface area (Å²) in [6.07, 6.45) is 3.09. The van der Waals surface area contributed by atoms with Gasteiger partial charge in [-0.15, -0.1) is 0 Å². The van der Waals surface area contributed by atoms with E-state index in [1.165, 1.54) is 12.8 Å². The Labute approximate surface area is 95.9 Å². The number of rotatable bonds is 3. The first-order valence-corrected chi connectivity index (χ1v) is 7.70. The second kappa shape index (κ2) is 5.16. The van der Waals surface area contributed by atoms with Gasteiger partial charge in [-0.25, -0.2) is 0 Å². The summed E-state index contributed by atoms with van der Waals surface area (Å²) in [7, 11) is 0. The van der Waals surface area contributed by atoms with E-state index in [0.717, 1.165) is 10.6 Å². The van der Waals surface area contributed by atoms with Gasteiger partial charge in [-0.3, -0.25) is 0 Å². The first kappa shape index (κ1) is 10.5. The topological polar surface area (TPSA) is 9.23 Å². The van der Waals surface area contributed by atoms with E-state index in [9.17, 15) is 0 Å². The summed E-state index contributed by atoms with van der Waals surface area (Å²) in [4.78, 5) is 0. The van der Waals surface area contributed by atoms with E-state index in [1.807, 2.05) is 0 Å². The zero-order valence-corrected chi connectivity index (χ0v) is 10.8. The molecule has 1 aliphatic rings. The van der Waals surface area contributed by atoms with Crippen LogP contribution in [-0.4, -0.2) is 33.6 Å². The molecule has 1 saturated heterocycles. The second-order valence-electron chi connectivity index (χ2n) is 3.69. The van der Waals surface area contributed by atoms with E-state index in [1.54, 1.807) is 3.61 Å². The van der Waals surface area contributed by atoms with Crippen molar-refractivity contribution < 1.29 is 4.74 Å². The van der Waals surface area contributed by atoms with Crippen LogP contribution in [0.15, 0.2) is 30.3 Å². The molecule has 2 rings (SSSR count). The van der Waals surface area contributed by atoms with E-state index in [0.29, 0.717) is 6.10 Å². The molecule has 76 valence electrons. The molecule has 0 bridgehead atoms. The van der Waals surface area contributed by atoms with Gasteiger partial charge in [-0.05, 0) is 0 Å². The number of hydrogen-bond donors (Lipinski definition) is 0. The second-order valence-corrected chi connectivity index (χ2v) is 7.83. The van der Waals surface area contributed by atoms with Gasteiger partial charge in [-0.1, -0.05) is 0 Å². The Morgan fingerprint density at radius 2 is 2.14 bits per heavy atom. The fourth-order valence-corrected chi connectivity index (χ4v) is 4.93. The van der Waals surface area contributed by atoms with Gasteiger partial charge in [0.05, 0.1) is 0 Å². The maximum absolute atomic E-state index is 5.72. The molecule has 2 atom stereocenters. The zero-order chi connectivity index (χ0) is 9.80. The minimum absolute atomic E-state index is 0.0592. The zero-order valence-electron chi connectivity index (χ0n) is 8.48. The van der Waals surface area contributed by atoms with Crippen LogP contribution in [0.1, 0.15) is 19.8 Å². The van der Waals surface area contributed by atoms with Crippen LogP contribution in [0.25, 0.3) is 0 Å². The third-order valence-electron chi connectivity index (χ3n) is 2.55. The maximum atomic E-state index is 5.72. The fraction of sp³-hybridized carbons (Fsp3) is 0.500. The molecule has 0 aliphatic carbocycles. The predicted octanol–water partition coefficient (Wildman–Crippen LogP) is 2.00. The first-order chi connectivity index (χ1) is 6.86. The van der Waals surface area contributed by atoms with E-state index < -0.39 is 0 Å². The molecule has 1 aromatic carbocycles. The van der Waals surface area contributed by atoms with Gasteiger partial charge in [0.2, 0.25) is 0 Å². The van der Waals surface area contributed by atoms with Gasteiger partial charge in [-0.2, -0.15) is 0 Å². The average Bonchev–Trinajstić information content (AvgIpc) is 2.72. The molecule has 1 heterocycles. The SMILES string of the molecule is CC([Te]c1ccccc1)C1CCCO1. The summed E-state index contributed by atoms with van der Waals surface area (Å²) in [5.74, 6) is 0. The molecule has 1 aliphatic heterocycles. The molecule has 0 aromatic heterocycles. The van der Waals surface area contributed by atoms with Crippen molar-refractivity contribution >= 4 is 24.5 Å². The molecule has 2 unspecified atom stereocenters. The molecule has 2 heteroatoms. The van der Waals surface area contributed by atoms with Crippen molar-refractivity contribution in [1.82, 2.24) is 0 Å². The molecule has 0 amide bonds. The molecule has 0 N–H and O–H groups in total. The van der Waals surface area contributed by atoms with Gasteiger partial charge in [0.1, 0.15) is 0 Å². The van der Waals surface area contributed by atoms with Crippen molar-refractivity contribution in [2.24, 2.45) is 0 Å². The number of hydrogen-bond acceptors (Lipinski definition) is 1. The Bertz CT molecular complexity index is 267. The summed E-state index contributed by atoms with van der Waals surface area (Å²) >= 11 is -0.0592. The van der Waals surface area contributed by atoms with E-state index in [2.05, 4.69) is 37.3 Å². The molecular weight excluding hydrogens is 288 g/mol. The minimum atomic E-state index is -0.0592. The standard InChI is InChI=1S/C12H16OTe/c1-10(12-8-5-9-13-12)14-11-6-3-2-4-7-11/h2-4,6-7,10,12H,5,8-9H2,1H3. The van der Waals surface area contributed by atoms with Crippen LogP contribution in [-0.2, 0) is 4.74 Å². The quantitative estimate of drug-likeness (QED) is 0.776. The van der Waals surface area contributed by atoms with Crippen molar-refractivity contribution in [3.8, 4) is 0 Å². The van der Waals surface area contributed by atoms with Gasteiger partial charge in [0.25, 0.3) is 0 Å².